The molecule has 2 rings (SSSR count). The van der Waals surface area contributed by atoms with E-state index < -0.39 is 0 Å². The number of nitrogens with zero attached hydrogens (tertiary/aromatic N) is 1. The van der Waals surface area contributed by atoms with Gasteiger partial charge >= 0.3 is 0 Å². The Bertz CT molecular complexity index is 700. The minimum absolute atomic E-state index is 0.0390. The Hall–Kier alpha value is -1.86. The molecule has 0 fully saturated rings. The van der Waals surface area contributed by atoms with Crippen molar-refractivity contribution in [1.29, 1.82) is 0 Å². The van der Waals surface area contributed by atoms with E-state index >= 15 is 0 Å². The lowest BCUT2D eigenvalue weighted by Crippen LogP contribution is -2.14. The largest absolute Gasteiger partial charge is 0.504 e. The molecule has 0 aliphatic heterocycles. The van der Waals surface area contributed by atoms with Crippen LogP contribution in [0.25, 0.3) is 11.4 Å². The van der Waals surface area contributed by atoms with Crippen molar-refractivity contribution in [1.82, 2.24) is 9.97 Å². The van der Waals surface area contributed by atoms with Crippen LogP contribution in [-0.2, 0) is 11.3 Å². The van der Waals surface area contributed by atoms with E-state index in [1.807, 2.05) is 6.92 Å². The van der Waals surface area contributed by atoms with Crippen LogP contribution in [0.1, 0.15) is 12.6 Å². The summed E-state index contributed by atoms with van der Waals surface area (Å²) in [6.07, 6.45) is 0. The highest BCUT2D eigenvalue weighted by Gasteiger charge is 2.12. The summed E-state index contributed by atoms with van der Waals surface area (Å²) in [6, 6.07) is 4.78. The number of H-pyrrole nitrogens is 1. The summed E-state index contributed by atoms with van der Waals surface area (Å²) >= 11 is 3.19. The molecule has 0 spiro atoms. The quantitative estimate of drug-likeness (QED) is 0.861. The van der Waals surface area contributed by atoms with Crippen LogP contribution in [0.4, 0.5) is 0 Å². The van der Waals surface area contributed by atoms with Crippen molar-refractivity contribution < 1.29 is 14.6 Å². The molecule has 1 aromatic heterocycles. The Balaban J connectivity index is 2.51. The number of phenols is 1. The molecule has 112 valence electrons. The topological polar surface area (TPSA) is 84.4 Å². The second-order valence-corrected chi connectivity index (χ2v) is 5.02. The van der Waals surface area contributed by atoms with Crippen LogP contribution in [0.3, 0.4) is 0 Å². The van der Waals surface area contributed by atoms with Gasteiger partial charge in [-0.3, -0.25) is 4.79 Å². The van der Waals surface area contributed by atoms with Crippen LogP contribution >= 0.6 is 15.9 Å². The van der Waals surface area contributed by atoms with E-state index in [2.05, 4.69) is 25.9 Å². The number of rotatable bonds is 5. The summed E-state index contributed by atoms with van der Waals surface area (Å²) in [6.45, 7) is 2.46. The number of aromatic amines is 1. The number of halogens is 1. The number of aromatic nitrogens is 2. The van der Waals surface area contributed by atoms with E-state index in [1.165, 1.54) is 13.2 Å². The van der Waals surface area contributed by atoms with Crippen molar-refractivity contribution in [3.05, 3.63) is 38.7 Å². The lowest BCUT2D eigenvalue weighted by molar-refractivity contribution is 0.180. The molecule has 21 heavy (non-hydrogen) atoms. The monoisotopic (exact) mass is 354 g/mol. The average Bonchev–Trinajstić information content (AvgIpc) is 2.46. The summed E-state index contributed by atoms with van der Waals surface area (Å²) in [5, 5.41) is 9.71. The number of phenolic OH excluding ortho intramolecular Hbond substituents is 1. The summed E-state index contributed by atoms with van der Waals surface area (Å²) in [7, 11) is 1.53. The SMILES string of the molecule is CCOc1cc(-c2nc(COC)c(Br)c(=O)[nH]2)ccc1O. The van der Waals surface area contributed by atoms with Crippen molar-refractivity contribution >= 4 is 15.9 Å². The molecule has 0 saturated carbocycles. The predicted octanol–water partition coefficient (Wildman–Crippen LogP) is 2.45. The van der Waals surface area contributed by atoms with Gasteiger partial charge in [0.25, 0.3) is 5.56 Å². The number of hydrogen-bond donors (Lipinski definition) is 2. The van der Waals surface area contributed by atoms with Gasteiger partial charge in [-0.05, 0) is 41.1 Å². The smallest absolute Gasteiger partial charge is 0.265 e. The van der Waals surface area contributed by atoms with E-state index in [9.17, 15) is 9.90 Å². The number of hydrogen-bond acceptors (Lipinski definition) is 5. The lowest BCUT2D eigenvalue weighted by atomic mass is 10.2. The van der Waals surface area contributed by atoms with Gasteiger partial charge in [0.15, 0.2) is 11.5 Å². The van der Waals surface area contributed by atoms with E-state index in [0.717, 1.165) is 0 Å². The maximum absolute atomic E-state index is 11.9. The third kappa shape index (κ3) is 3.43. The molecule has 1 heterocycles. The van der Waals surface area contributed by atoms with Crippen molar-refractivity contribution in [2.75, 3.05) is 13.7 Å². The van der Waals surface area contributed by atoms with E-state index in [0.29, 0.717) is 33.9 Å². The first-order valence-corrected chi connectivity index (χ1v) is 7.10. The molecule has 0 bridgehead atoms. The fraction of sp³-hybridized carbons (Fsp3) is 0.286. The molecule has 0 amide bonds. The maximum atomic E-state index is 11.9. The zero-order chi connectivity index (χ0) is 15.4. The fourth-order valence-electron chi connectivity index (χ4n) is 1.81. The molecule has 0 aliphatic carbocycles. The van der Waals surface area contributed by atoms with Crippen LogP contribution in [0.15, 0.2) is 27.5 Å². The normalized spacial score (nSPS) is 10.6. The van der Waals surface area contributed by atoms with E-state index in [-0.39, 0.29) is 17.9 Å². The zero-order valence-corrected chi connectivity index (χ0v) is 13.2. The van der Waals surface area contributed by atoms with Gasteiger partial charge in [-0.2, -0.15) is 0 Å². The van der Waals surface area contributed by atoms with Crippen molar-refractivity contribution in [2.24, 2.45) is 0 Å². The third-order valence-corrected chi connectivity index (χ3v) is 3.56. The van der Waals surface area contributed by atoms with Gasteiger partial charge in [0, 0.05) is 12.7 Å². The molecule has 1 aromatic carbocycles. The fourth-order valence-corrected chi connectivity index (χ4v) is 2.11. The van der Waals surface area contributed by atoms with Crippen molar-refractivity contribution in [3.8, 4) is 22.9 Å². The molecule has 2 N–H and O–H groups in total. The molecule has 6 nitrogen and oxygen atoms in total. The molecular formula is C14H15BrN2O4. The van der Waals surface area contributed by atoms with Gasteiger partial charge in [0.1, 0.15) is 10.3 Å². The molecule has 0 unspecified atom stereocenters. The first-order valence-electron chi connectivity index (χ1n) is 6.30. The Kier molecular flexibility index (Phi) is 4.98. The van der Waals surface area contributed by atoms with Gasteiger partial charge in [-0.1, -0.05) is 0 Å². The number of ether oxygens (including phenoxy) is 2. The summed E-state index contributed by atoms with van der Waals surface area (Å²) in [5.74, 6) is 0.766. The van der Waals surface area contributed by atoms with Gasteiger partial charge in [0.05, 0.1) is 18.9 Å². The number of methoxy groups -OCH3 is 1. The molecular weight excluding hydrogens is 340 g/mol. The highest BCUT2D eigenvalue weighted by Crippen LogP contribution is 2.30. The third-order valence-electron chi connectivity index (χ3n) is 2.75. The van der Waals surface area contributed by atoms with Gasteiger partial charge in [-0.25, -0.2) is 4.98 Å². The van der Waals surface area contributed by atoms with Crippen LogP contribution in [-0.4, -0.2) is 28.8 Å². The van der Waals surface area contributed by atoms with Crippen LogP contribution in [0.5, 0.6) is 11.5 Å². The molecule has 0 aliphatic rings. The molecule has 2 aromatic rings. The Labute approximate surface area is 129 Å². The molecule has 0 saturated heterocycles. The minimum atomic E-state index is -0.293. The number of benzene rings is 1. The first-order chi connectivity index (χ1) is 10.1. The Morgan fingerprint density at radius 1 is 1.43 bits per heavy atom. The van der Waals surface area contributed by atoms with Gasteiger partial charge < -0.3 is 19.6 Å². The number of aromatic hydroxyl groups is 1. The lowest BCUT2D eigenvalue weighted by Gasteiger charge is -2.09. The maximum Gasteiger partial charge on any atom is 0.265 e. The highest BCUT2D eigenvalue weighted by molar-refractivity contribution is 9.10. The molecule has 0 atom stereocenters. The zero-order valence-electron chi connectivity index (χ0n) is 11.6. The highest BCUT2D eigenvalue weighted by atomic mass is 79.9. The second kappa shape index (κ2) is 6.73. The van der Waals surface area contributed by atoms with E-state index in [1.54, 1.807) is 12.1 Å². The second-order valence-electron chi connectivity index (χ2n) is 4.22. The molecule has 0 radical (unpaired) electrons. The van der Waals surface area contributed by atoms with Crippen LogP contribution in [0.2, 0.25) is 0 Å². The number of nitrogens with one attached hydrogen (secondary N) is 1. The molecule has 7 heteroatoms. The average molecular weight is 355 g/mol. The minimum Gasteiger partial charge on any atom is -0.504 e. The van der Waals surface area contributed by atoms with Crippen LogP contribution < -0.4 is 10.3 Å². The van der Waals surface area contributed by atoms with Crippen LogP contribution in [0, 0.1) is 0 Å². The van der Waals surface area contributed by atoms with Crippen molar-refractivity contribution in [2.45, 2.75) is 13.5 Å². The van der Waals surface area contributed by atoms with Gasteiger partial charge in [-0.15, -0.1) is 0 Å². The summed E-state index contributed by atoms with van der Waals surface area (Å²) in [5.41, 5.74) is 0.846. The van der Waals surface area contributed by atoms with Crippen molar-refractivity contribution in [3.63, 3.8) is 0 Å². The Morgan fingerprint density at radius 2 is 2.19 bits per heavy atom. The Morgan fingerprint density at radius 3 is 2.86 bits per heavy atom. The first kappa shape index (κ1) is 15.5. The summed E-state index contributed by atoms with van der Waals surface area (Å²) in [4.78, 5) is 18.9. The standard InChI is InChI=1S/C14H15BrN2O4/c1-3-21-11-6-8(4-5-10(11)18)13-16-9(7-20-2)12(15)14(19)17-13/h4-6,18H,3,7H2,1-2H3,(H,16,17,19). The van der Waals surface area contributed by atoms with Gasteiger partial charge in [0.2, 0.25) is 0 Å². The van der Waals surface area contributed by atoms with E-state index in [4.69, 9.17) is 9.47 Å². The predicted molar refractivity (Wildman–Crippen MR) is 81.5 cm³/mol. The summed E-state index contributed by atoms with van der Waals surface area (Å²) < 4.78 is 10.7.